The number of ketones is 1. The van der Waals surface area contributed by atoms with Gasteiger partial charge in [-0.25, -0.2) is 0 Å². The molecule has 0 fully saturated rings. The maximum absolute atomic E-state index is 12.8. The summed E-state index contributed by atoms with van der Waals surface area (Å²) in [5, 5.41) is 0. The van der Waals surface area contributed by atoms with Crippen molar-refractivity contribution in [1.82, 2.24) is 0 Å². The third-order valence-electron chi connectivity index (χ3n) is 4.03. The fourth-order valence-corrected chi connectivity index (χ4v) is 2.79. The van der Waals surface area contributed by atoms with Crippen LogP contribution in [-0.4, -0.2) is 5.78 Å². The van der Waals surface area contributed by atoms with E-state index in [1.165, 1.54) is 16.7 Å². The molecule has 1 aromatic heterocycles. The summed E-state index contributed by atoms with van der Waals surface area (Å²) in [6.07, 6.45) is 6.39. The van der Waals surface area contributed by atoms with E-state index in [1.807, 2.05) is 41.2 Å². The summed E-state index contributed by atoms with van der Waals surface area (Å²) >= 11 is 0. The third kappa shape index (κ3) is 4.82. The molecule has 0 aliphatic rings. The third-order valence-corrected chi connectivity index (χ3v) is 4.03. The van der Waals surface area contributed by atoms with Gasteiger partial charge < -0.3 is 0 Å². The van der Waals surface area contributed by atoms with Crippen molar-refractivity contribution in [3.05, 3.63) is 65.5 Å². The number of Topliss-reactive ketones (excluding diaryl/α,β-unsaturated/α-hetero) is 1. The van der Waals surface area contributed by atoms with Gasteiger partial charge in [-0.2, -0.15) is 4.57 Å². The van der Waals surface area contributed by atoms with Crippen molar-refractivity contribution in [3.63, 3.8) is 0 Å². The van der Waals surface area contributed by atoms with Gasteiger partial charge in [0.1, 0.15) is 0 Å². The van der Waals surface area contributed by atoms with Crippen LogP contribution in [0.1, 0.15) is 42.5 Å². The standard InChI is InChI=1S/C19H24NO.Y/c1-4-9-18(20-12-6-5-7-13-20)19(21)14-17-15(2)10-8-11-16(17)3;/h5-8,10-13,18H,4,9,14H2,1-3H3;/q+1;. The number of hydrogen-bond donors (Lipinski definition) is 0. The quantitative estimate of drug-likeness (QED) is 0.709. The molecule has 0 bridgehead atoms. The van der Waals surface area contributed by atoms with Crippen molar-refractivity contribution in [3.8, 4) is 0 Å². The van der Waals surface area contributed by atoms with Crippen molar-refractivity contribution in [2.24, 2.45) is 0 Å². The van der Waals surface area contributed by atoms with Crippen LogP contribution >= 0.6 is 0 Å². The van der Waals surface area contributed by atoms with E-state index in [0.717, 1.165) is 12.8 Å². The Morgan fingerprint density at radius 1 is 1.05 bits per heavy atom. The Morgan fingerprint density at radius 3 is 2.18 bits per heavy atom. The molecular formula is C19H24NOY+. The first-order valence-electron chi connectivity index (χ1n) is 7.67. The maximum atomic E-state index is 12.8. The van der Waals surface area contributed by atoms with Crippen molar-refractivity contribution in [2.75, 3.05) is 0 Å². The first-order chi connectivity index (χ1) is 10.1. The van der Waals surface area contributed by atoms with Gasteiger partial charge in [-0.15, -0.1) is 0 Å². The number of hydrogen-bond acceptors (Lipinski definition) is 1. The Hall–Kier alpha value is -0.856. The van der Waals surface area contributed by atoms with Gasteiger partial charge in [0.25, 0.3) is 0 Å². The SMILES string of the molecule is CCCC(C(=O)Cc1c(C)cccc1C)[n+]1ccccc1.[Y]. The zero-order valence-corrected chi connectivity index (χ0v) is 16.6. The van der Waals surface area contributed by atoms with E-state index in [0.29, 0.717) is 12.2 Å². The van der Waals surface area contributed by atoms with E-state index < -0.39 is 0 Å². The van der Waals surface area contributed by atoms with Crippen molar-refractivity contribution in [2.45, 2.75) is 46.1 Å². The van der Waals surface area contributed by atoms with E-state index in [1.54, 1.807) is 0 Å². The van der Waals surface area contributed by atoms with Gasteiger partial charge in [-0.1, -0.05) is 31.2 Å². The molecule has 2 rings (SSSR count). The Balaban J connectivity index is 0.00000242. The molecule has 2 aromatic rings. The number of pyridine rings is 1. The summed E-state index contributed by atoms with van der Waals surface area (Å²) < 4.78 is 2.04. The molecule has 0 saturated heterocycles. The topological polar surface area (TPSA) is 20.9 Å². The Bertz CT molecular complexity index is 590. The fraction of sp³-hybridized carbons (Fsp3) is 0.368. The number of carbonyl (C=O) groups is 1. The zero-order valence-electron chi connectivity index (χ0n) is 13.8. The number of nitrogens with zero attached hydrogens (tertiary/aromatic N) is 1. The van der Waals surface area contributed by atoms with Crippen LogP contribution in [0.2, 0.25) is 0 Å². The molecule has 2 nitrogen and oxygen atoms in total. The molecule has 22 heavy (non-hydrogen) atoms. The van der Waals surface area contributed by atoms with E-state index in [4.69, 9.17) is 0 Å². The summed E-state index contributed by atoms with van der Waals surface area (Å²) in [5.41, 5.74) is 3.59. The predicted molar refractivity (Wildman–Crippen MR) is 85.2 cm³/mol. The van der Waals surface area contributed by atoms with Gasteiger partial charge in [0.2, 0.25) is 11.8 Å². The van der Waals surface area contributed by atoms with Crippen molar-refractivity contribution >= 4 is 5.78 Å². The van der Waals surface area contributed by atoms with Gasteiger partial charge in [0.05, 0.1) is 0 Å². The summed E-state index contributed by atoms with van der Waals surface area (Å²) in [4.78, 5) is 12.8. The molecule has 0 aliphatic carbocycles. The average molecular weight is 371 g/mol. The van der Waals surface area contributed by atoms with Gasteiger partial charge >= 0.3 is 0 Å². The number of carbonyl (C=O) groups excluding carboxylic acids is 1. The van der Waals surface area contributed by atoms with Crippen LogP contribution in [0.5, 0.6) is 0 Å². The van der Waals surface area contributed by atoms with Gasteiger partial charge in [-0.05, 0) is 37.0 Å². The second-order valence-corrected chi connectivity index (χ2v) is 5.64. The molecule has 1 radical (unpaired) electrons. The van der Waals surface area contributed by atoms with Gasteiger partial charge in [0, 0.05) is 57.7 Å². The Labute approximate surface area is 158 Å². The molecule has 1 unspecified atom stereocenters. The molecule has 1 aromatic carbocycles. The summed E-state index contributed by atoms with van der Waals surface area (Å²) in [6.45, 7) is 6.29. The minimum absolute atomic E-state index is 0. The minimum Gasteiger partial charge on any atom is -0.292 e. The van der Waals surface area contributed by atoms with Gasteiger partial charge in [-0.3, -0.25) is 4.79 Å². The van der Waals surface area contributed by atoms with E-state index >= 15 is 0 Å². The van der Waals surface area contributed by atoms with Crippen LogP contribution in [0, 0.1) is 13.8 Å². The summed E-state index contributed by atoms with van der Waals surface area (Å²) in [6, 6.07) is 12.1. The second-order valence-electron chi connectivity index (χ2n) is 5.64. The van der Waals surface area contributed by atoms with Crippen molar-refractivity contribution < 1.29 is 42.1 Å². The smallest absolute Gasteiger partial charge is 0.216 e. The van der Waals surface area contributed by atoms with Gasteiger partial charge in [0.15, 0.2) is 12.4 Å². The molecule has 113 valence electrons. The normalized spacial score (nSPS) is 11.6. The molecule has 0 spiro atoms. The second kappa shape index (κ2) is 9.32. The summed E-state index contributed by atoms with van der Waals surface area (Å²) in [7, 11) is 0. The first kappa shape index (κ1) is 19.2. The van der Waals surface area contributed by atoms with E-state index in [2.05, 4.69) is 32.9 Å². The molecule has 3 heteroatoms. The number of aryl methyl sites for hydroxylation is 2. The summed E-state index contributed by atoms with van der Waals surface area (Å²) in [5.74, 6) is 0.297. The van der Waals surface area contributed by atoms with Crippen LogP contribution < -0.4 is 4.57 Å². The van der Waals surface area contributed by atoms with Crippen LogP contribution in [0.4, 0.5) is 0 Å². The Morgan fingerprint density at radius 2 is 1.64 bits per heavy atom. The molecule has 0 aliphatic heterocycles. The average Bonchev–Trinajstić information content (AvgIpc) is 2.49. The largest absolute Gasteiger partial charge is 0.292 e. The molecule has 0 N–H and O–H groups in total. The zero-order chi connectivity index (χ0) is 15.2. The number of aromatic nitrogens is 1. The minimum atomic E-state index is -0.0600. The van der Waals surface area contributed by atoms with Crippen LogP contribution in [0.3, 0.4) is 0 Å². The maximum Gasteiger partial charge on any atom is 0.216 e. The first-order valence-corrected chi connectivity index (χ1v) is 7.67. The predicted octanol–water partition coefficient (Wildman–Crippen LogP) is 3.74. The van der Waals surface area contributed by atoms with Crippen LogP contribution in [0.15, 0.2) is 48.8 Å². The van der Waals surface area contributed by atoms with Crippen LogP contribution in [0.25, 0.3) is 0 Å². The molecule has 0 saturated carbocycles. The van der Waals surface area contributed by atoms with E-state index in [9.17, 15) is 4.79 Å². The monoisotopic (exact) mass is 371 g/mol. The molecule has 1 heterocycles. The Kier molecular flexibility index (Phi) is 8.13. The number of benzene rings is 1. The number of rotatable bonds is 6. The van der Waals surface area contributed by atoms with Crippen molar-refractivity contribution in [1.29, 1.82) is 0 Å². The molecule has 0 amide bonds. The van der Waals surface area contributed by atoms with E-state index in [-0.39, 0.29) is 38.8 Å². The molecule has 1 atom stereocenters. The molecular weight excluding hydrogens is 347 g/mol. The van der Waals surface area contributed by atoms with Crippen LogP contribution in [-0.2, 0) is 43.9 Å². The fourth-order valence-electron chi connectivity index (χ4n) is 2.79.